The van der Waals surface area contributed by atoms with Crippen LogP contribution in [0.1, 0.15) is 13.8 Å². The van der Waals surface area contributed by atoms with Gasteiger partial charge in [0.2, 0.25) is 5.91 Å². The molecule has 1 amide bonds. The molecule has 0 aliphatic rings. The number of ether oxygens (including phenoxy) is 2. The SMILES string of the molecule is CC(C)=CCOc1cccc(Oc2ccc(Nc3ncnc4ccn(CCNC(=O)CS(C)(=O)=O)c34)cc2Cl)c1. The van der Waals surface area contributed by atoms with Crippen LogP contribution in [-0.2, 0) is 21.2 Å². The van der Waals surface area contributed by atoms with E-state index < -0.39 is 21.5 Å². The summed E-state index contributed by atoms with van der Waals surface area (Å²) in [6, 6.07) is 14.5. The highest BCUT2D eigenvalue weighted by molar-refractivity contribution is 7.91. The zero-order valence-electron chi connectivity index (χ0n) is 22.3. The van der Waals surface area contributed by atoms with Crippen molar-refractivity contribution in [3.8, 4) is 17.2 Å². The Bertz CT molecular complexity index is 1650. The van der Waals surface area contributed by atoms with Gasteiger partial charge in [0.25, 0.3) is 0 Å². The van der Waals surface area contributed by atoms with E-state index in [-0.39, 0.29) is 6.54 Å². The topological polar surface area (TPSA) is 124 Å². The van der Waals surface area contributed by atoms with Gasteiger partial charge in [0.05, 0.1) is 10.5 Å². The number of carbonyl (C=O) groups excluding carboxylic acids is 1. The van der Waals surface area contributed by atoms with E-state index in [1.807, 2.05) is 61.0 Å². The van der Waals surface area contributed by atoms with Crippen molar-refractivity contribution in [3.05, 3.63) is 77.7 Å². The van der Waals surface area contributed by atoms with Gasteiger partial charge >= 0.3 is 0 Å². The minimum absolute atomic E-state index is 0.242. The lowest BCUT2D eigenvalue weighted by atomic mass is 10.2. The number of nitrogens with one attached hydrogen (secondary N) is 2. The summed E-state index contributed by atoms with van der Waals surface area (Å²) >= 11 is 6.55. The van der Waals surface area contributed by atoms with E-state index >= 15 is 0 Å². The molecule has 2 aromatic carbocycles. The standard InChI is InChI=1S/C28H30ClN5O5S/c1-19(2)10-14-38-21-5-4-6-22(16-21)39-25-8-7-20(15-23(25)29)33-28-27-24(31-18-32-28)9-12-34(27)13-11-30-26(35)17-40(3,36)37/h4-10,12,15-16,18H,11,13-14,17H2,1-3H3,(H,30,35)(H,31,32,33). The maximum atomic E-state index is 11.8. The first kappa shape index (κ1) is 28.9. The Hall–Kier alpha value is -4.09. The summed E-state index contributed by atoms with van der Waals surface area (Å²) in [6.07, 6.45) is 6.30. The van der Waals surface area contributed by atoms with Crippen LogP contribution >= 0.6 is 11.6 Å². The Morgan fingerprint density at radius 3 is 2.65 bits per heavy atom. The highest BCUT2D eigenvalue weighted by atomic mass is 35.5. The van der Waals surface area contributed by atoms with E-state index in [1.165, 1.54) is 11.9 Å². The second-order valence-electron chi connectivity index (χ2n) is 9.32. The summed E-state index contributed by atoms with van der Waals surface area (Å²) < 4.78 is 36.3. The molecule has 0 aliphatic carbocycles. The van der Waals surface area contributed by atoms with Crippen LogP contribution in [-0.4, -0.2) is 54.0 Å². The smallest absolute Gasteiger partial charge is 0.235 e. The zero-order valence-corrected chi connectivity index (χ0v) is 23.9. The Balaban J connectivity index is 1.44. The number of carbonyl (C=O) groups is 1. The van der Waals surface area contributed by atoms with Gasteiger partial charge < -0.3 is 24.7 Å². The van der Waals surface area contributed by atoms with Gasteiger partial charge in [-0.25, -0.2) is 18.4 Å². The summed E-state index contributed by atoms with van der Waals surface area (Å²) in [5, 5.41) is 6.29. The molecule has 40 heavy (non-hydrogen) atoms. The lowest BCUT2D eigenvalue weighted by Gasteiger charge is -2.13. The lowest BCUT2D eigenvalue weighted by Crippen LogP contribution is -2.32. The van der Waals surface area contributed by atoms with Gasteiger partial charge in [0, 0.05) is 37.3 Å². The number of fused-ring (bicyclic) bond motifs is 1. The number of nitrogens with zero attached hydrogens (tertiary/aromatic N) is 3. The van der Waals surface area contributed by atoms with Crippen molar-refractivity contribution >= 4 is 49.9 Å². The van der Waals surface area contributed by atoms with Gasteiger partial charge in [-0.05, 0) is 56.3 Å². The maximum absolute atomic E-state index is 11.8. The third kappa shape index (κ3) is 8.20. The highest BCUT2D eigenvalue weighted by Gasteiger charge is 2.13. The van der Waals surface area contributed by atoms with Crippen LogP contribution in [0.15, 0.2) is 72.7 Å². The number of aromatic nitrogens is 3. The molecule has 0 unspecified atom stereocenters. The first-order valence-corrected chi connectivity index (χ1v) is 14.9. The number of sulfone groups is 1. The van der Waals surface area contributed by atoms with Crippen LogP contribution < -0.4 is 20.1 Å². The van der Waals surface area contributed by atoms with Crippen LogP contribution in [0, 0.1) is 0 Å². The average Bonchev–Trinajstić information content (AvgIpc) is 3.29. The van der Waals surface area contributed by atoms with Gasteiger partial charge in [-0.1, -0.05) is 23.2 Å². The van der Waals surface area contributed by atoms with Gasteiger partial charge in [0.1, 0.15) is 41.5 Å². The van der Waals surface area contributed by atoms with E-state index in [9.17, 15) is 13.2 Å². The second kappa shape index (κ2) is 12.8. The minimum atomic E-state index is -3.39. The lowest BCUT2D eigenvalue weighted by molar-refractivity contribution is -0.118. The fourth-order valence-electron chi connectivity index (χ4n) is 3.77. The Morgan fingerprint density at radius 2 is 1.90 bits per heavy atom. The number of allylic oxidation sites excluding steroid dienone is 1. The molecule has 0 aliphatic heterocycles. The molecule has 2 N–H and O–H groups in total. The third-order valence-electron chi connectivity index (χ3n) is 5.59. The molecule has 4 aromatic rings. The monoisotopic (exact) mass is 583 g/mol. The number of amides is 1. The maximum Gasteiger partial charge on any atom is 0.235 e. The number of anilines is 2. The molecular formula is C28H30ClN5O5S. The van der Waals surface area contributed by atoms with Crippen molar-refractivity contribution in [3.63, 3.8) is 0 Å². The molecule has 210 valence electrons. The van der Waals surface area contributed by atoms with Crippen molar-refractivity contribution in [1.29, 1.82) is 0 Å². The van der Waals surface area contributed by atoms with Gasteiger partial charge in [-0.2, -0.15) is 0 Å². The molecule has 2 aromatic heterocycles. The van der Waals surface area contributed by atoms with Crippen LogP contribution in [0.5, 0.6) is 17.2 Å². The summed E-state index contributed by atoms with van der Waals surface area (Å²) in [4.78, 5) is 20.5. The number of rotatable bonds is 12. The molecule has 0 saturated heterocycles. The van der Waals surface area contributed by atoms with Crippen LogP contribution in [0.3, 0.4) is 0 Å². The third-order valence-corrected chi connectivity index (χ3v) is 6.67. The van der Waals surface area contributed by atoms with Crippen molar-refractivity contribution in [2.24, 2.45) is 0 Å². The Labute approximate surface area is 237 Å². The largest absolute Gasteiger partial charge is 0.489 e. The Kier molecular flexibility index (Phi) is 9.28. The summed E-state index contributed by atoms with van der Waals surface area (Å²) in [7, 11) is -3.39. The summed E-state index contributed by atoms with van der Waals surface area (Å²) in [6.45, 7) is 5.15. The zero-order chi connectivity index (χ0) is 28.7. The van der Waals surface area contributed by atoms with E-state index in [1.54, 1.807) is 18.2 Å². The normalized spacial score (nSPS) is 11.2. The second-order valence-corrected chi connectivity index (χ2v) is 11.9. The van der Waals surface area contributed by atoms with E-state index in [4.69, 9.17) is 21.1 Å². The van der Waals surface area contributed by atoms with Crippen molar-refractivity contribution in [2.45, 2.75) is 20.4 Å². The van der Waals surface area contributed by atoms with Crippen molar-refractivity contribution < 1.29 is 22.7 Å². The molecule has 2 heterocycles. The fourth-order valence-corrected chi connectivity index (χ4v) is 4.57. The molecule has 0 spiro atoms. The molecule has 0 atom stereocenters. The summed E-state index contributed by atoms with van der Waals surface area (Å²) in [5.74, 6) is 1.21. The Morgan fingerprint density at radius 1 is 1.10 bits per heavy atom. The molecular weight excluding hydrogens is 554 g/mol. The highest BCUT2D eigenvalue weighted by Crippen LogP contribution is 2.34. The van der Waals surface area contributed by atoms with E-state index in [0.717, 1.165) is 11.8 Å². The predicted molar refractivity (Wildman–Crippen MR) is 156 cm³/mol. The van der Waals surface area contributed by atoms with Crippen molar-refractivity contribution in [2.75, 3.05) is 30.5 Å². The molecule has 4 rings (SSSR count). The quantitative estimate of drug-likeness (QED) is 0.220. The number of benzene rings is 2. The molecule has 12 heteroatoms. The number of hydrogen-bond donors (Lipinski definition) is 2. The number of halogens is 1. The first-order valence-electron chi connectivity index (χ1n) is 12.4. The molecule has 0 fully saturated rings. The van der Waals surface area contributed by atoms with E-state index in [0.29, 0.717) is 52.4 Å². The van der Waals surface area contributed by atoms with Crippen LogP contribution in [0.4, 0.5) is 11.5 Å². The molecule has 0 radical (unpaired) electrons. The summed E-state index contributed by atoms with van der Waals surface area (Å²) in [5.41, 5.74) is 3.29. The molecule has 0 saturated carbocycles. The van der Waals surface area contributed by atoms with Gasteiger partial charge in [-0.3, -0.25) is 4.79 Å². The average molecular weight is 584 g/mol. The van der Waals surface area contributed by atoms with Gasteiger partial charge in [0.15, 0.2) is 15.7 Å². The minimum Gasteiger partial charge on any atom is -0.489 e. The van der Waals surface area contributed by atoms with Crippen LogP contribution in [0.2, 0.25) is 5.02 Å². The van der Waals surface area contributed by atoms with E-state index in [2.05, 4.69) is 20.6 Å². The van der Waals surface area contributed by atoms with Gasteiger partial charge in [-0.15, -0.1) is 0 Å². The van der Waals surface area contributed by atoms with Crippen molar-refractivity contribution in [1.82, 2.24) is 19.9 Å². The van der Waals surface area contributed by atoms with Crippen LogP contribution in [0.25, 0.3) is 11.0 Å². The molecule has 0 bridgehead atoms. The molecule has 10 nitrogen and oxygen atoms in total. The predicted octanol–water partition coefficient (Wildman–Crippen LogP) is 5.13. The fraction of sp³-hybridized carbons (Fsp3) is 0.250. The first-order chi connectivity index (χ1) is 19.1. The number of hydrogen-bond acceptors (Lipinski definition) is 8.